The molecule has 1 N–H and O–H groups in total. The van der Waals surface area contributed by atoms with Crippen molar-refractivity contribution in [2.45, 2.75) is 12.5 Å². The number of hydrogen-bond donors (Lipinski definition) is 1. The number of ether oxygens (including phenoxy) is 3. The van der Waals surface area contributed by atoms with Gasteiger partial charge in [-0.05, 0) is 31.2 Å². The van der Waals surface area contributed by atoms with Crippen LogP contribution in [-0.2, 0) is 14.2 Å². The molecule has 0 aliphatic rings. The van der Waals surface area contributed by atoms with Gasteiger partial charge in [0.25, 0.3) is 0 Å². The van der Waals surface area contributed by atoms with Gasteiger partial charge in [0.15, 0.2) is 0 Å². The summed E-state index contributed by atoms with van der Waals surface area (Å²) >= 11 is 0. The minimum absolute atomic E-state index is 0.0698. The molecule has 0 fully saturated rings. The van der Waals surface area contributed by atoms with Crippen LogP contribution < -0.4 is 5.32 Å². The summed E-state index contributed by atoms with van der Waals surface area (Å²) in [6.07, 6.45) is 0.755. The fourth-order valence-electron chi connectivity index (χ4n) is 1.77. The molecule has 0 aliphatic heterocycles. The Morgan fingerprint density at radius 1 is 1.10 bits per heavy atom. The second-order valence-electron chi connectivity index (χ2n) is 4.43. The molecule has 114 valence electrons. The third-order valence-corrected chi connectivity index (χ3v) is 2.82. The van der Waals surface area contributed by atoms with E-state index in [0.717, 1.165) is 12.0 Å². The Balaban J connectivity index is 2.27. The molecular weight excluding hydrogens is 261 g/mol. The maximum atomic E-state index is 12.9. The monoisotopic (exact) mass is 285 g/mol. The first kappa shape index (κ1) is 17.0. The van der Waals surface area contributed by atoms with Crippen LogP contribution in [0.4, 0.5) is 4.39 Å². The standard InChI is InChI=1S/C15H24FNO3/c1-17-12-15(13-4-6-14(16)7-5-13)20-9-3-8-19-11-10-18-2/h4-7,15,17H,3,8-12H2,1-2H3. The molecule has 1 aromatic rings. The van der Waals surface area contributed by atoms with E-state index in [0.29, 0.717) is 33.0 Å². The molecular formula is C15H24FNO3. The van der Waals surface area contributed by atoms with Gasteiger partial charge in [-0.25, -0.2) is 4.39 Å². The molecule has 1 unspecified atom stereocenters. The van der Waals surface area contributed by atoms with Crippen LogP contribution in [0.25, 0.3) is 0 Å². The Bertz CT molecular complexity index is 345. The summed E-state index contributed by atoms with van der Waals surface area (Å²) in [6.45, 7) is 3.17. The van der Waals surface area contributed by atoms with E-state index in [9.17, 15) is 4.39 Å². The van der Waals surface area contributed by atoms with Crippen molar-refractivity contribution in [3.8, 4) is 0 Å². The van der Waals surface area contributed by atoms with E-state index in [2.05, 4.69) is 5.32 Å². The van der Waals surface area contributed by atoms with E-state index in [4.69, 9.17) is 14.2 Å². The highest BCUT2D eigenvalue weighted by molar-refractivity contribution is 5.19. The molecule has 5 heteroatoms. The van der Waals surface area contributed by atoms with Gasteiger partial charge in [-0.15, -0.1) is 0 Å². The highest BCUT2D eigenvalue weighted by Gasteiger charge is 2.10. The summed E-state index contributed by atoms with van der Waals surface area (Å²) in [7, 11) is 3.52. The molecule has 0 aliphatic carbocycles. The first-order valence-electron chi connectivity index (χ1n) is 6.86. The number of rotatable bonds is 11. The summed E-state index contributed by atoms with van der Waals surface area (Å²) in [4.78, 5) is 0. The summed E-state index contributed by atoms with van der Waals surface area (Å²) < 4.78 is 29.0. The smallest absolute Gasteiger partial charge is 0.123 e. The zero-order valence-corrected chi connectivity index (χ0v) is 12.2. The van der Waals surface area contributed by atoms with Crippen LogP contribution in [0.2, 0.25) is 0 Å². The zero-order valence-electron chi connectivity index (χ0n) is 12.2. The maximum absolute atomic E-state index is 12.9. The first-order chi connectivity index (χ1) is 9.77. The number of hydrogen-bond acceptors (Lipinski definition) is 4. The number of benzene rings is 1. The maximum Gasteiger partial charge on any atom is 0.123 e. The summed E-state index contributed by atoms with van der Waals surface area (Å²) in [5, 5.41) is 3.08. The molecule has 0 saturated heterocycles. The summed E-state index contributed by atoms with van der Waals surface area (Å²) in [6, 6.07) is 6.42. The molecule has 0 heterocycles. The van der Waals surface area contributed by atoms with Gasteiger partial charge >= 0.3 is 0 Å². The van der Waals surface area contributed by atoms with Crippen molar-refractivity contribution in [3.05, 3.63) is 35.6 Å². The van der Waals surface area contributed by atoms with E-state index >= 15 is 0 Å². The topological polar surface area (TPSA) is 39.7 Å². The van der Waals surface area contributed by atoms with Crippen LogP contribution in [0.3, 0.4) is 0 Å². The van der Waals surface area contributed by atoms with Gasteiger partial charge < -0.3 is 19.5 Å². The predicted octanol–water partition coefficient (Wildman–Crippen LogP) is 2.16. The fourth-order valence-corrected chi connectivity index (χ4v) is 1.77. The van der Waals surface area contributed by atoms with Crippen LogP contribution in [-0.4, -0.2) is 47.1 Å². The lowest BCUT2D eigenvalue weighted by molar-refractivity contribution is 0.0236. The third kappa shape index (κ3) is 6.96. The number of nitrogens with one attached hydrogen (secondary N) is 1. The number of halogens is 1. The zero-order chi connectivity index (χ0) is 14.6. The highest BCUT2D eigenvalue weighted by Crippen LogP contribution is 2.17. The molecule has 0 amide bonds. The number of methoxy groups -OCH3 is 1. The Hall–Kier alpha value is -1.01. The van der Waals surface area contributed by atoms with E-state index in [1.165, 1.54) is 12.1 Å². The molecule has 1 atom stereocenters. The minimum atomic E-state index is -0.233. The average molecular weight is 285 g/mol. The molecule has 4 nitrogen and oxygen atoms in total. The Labute approximate surface area is 120 Å². The van der Waals surface area contributed by atoms with Crippen molar-refractivity contribution in [2.75, 3.05) is 47.1 Å². The summed E-state index contributed by atoms with van der Waals surface area (Å²) in [5.74, 6) is -0.233. The molecule has 0 radical (unpaired) electrons. The molecule has 1 rings (SSSR count). The van der Waals surface area contributed by atoms with Crippen molar-refractivity contribution in [3.63, 3.8) is 0 Å². The average Bonchev–Trinajstić information content (AvgIpc) is 2.46. The second-order valence-corrected chi connectivity index (χ2v) is 4.43. The van der Waals surface area contributed by atoms with E-state index < -0.39 is 0 Å². The molecule has 1 aromatic carbocycles. The lowest BCUT2D eigenvalue weighted by Gasteiger charge is -2.18. The quantitative estimate of drug-likeness (QED) is 0.632. The first-order valence-corrected chi connectivity index (χ1v) is 6.86. The van der Waals surface area contributed by atoms with Crippen LogP contribution in [0.5, 0.6) is 0 Å². The van der Waals surface area contributed by atoms with E-state index in [-0.39, 0.29) is 11.9 Å². The van der Waals surface area contributed by atoms with Crippen molar-refractivity contribution >= 4 is 0 Å². The van der Waals surface area contributed by atoms with Gasteiger partial charge in [0.1, 0.15) is 5.82 Å². The normalized spacial score (nSPS) is 12.6. The molecule has 0 saturated carbocycles. The second kappa shape index (κ2) is 10.7. The SMILES string of the molecule is CNCC(OCCCOCCOC)c1ccc(F)cc1. The van der Waals surface area contributed by atoms with Gasteiger partial charge in [0.2, 0.25) is 0 Å². The Morgan fingerprint density at radius 3 is 2.50 bits per heavy atom. The van der Waals surface area contributed by atoms with Gasteiger partial charge in [0.05, 0.1) is 19.3 Å². The lowest BCUT2D eigenvalue weighted by atomic mass is 10.1. The van der Waals surface area contributed by atoms with Gasteiger partial charge in [0, 0.05) is 26.9 Å². The Morgan fingerprint density at radius 2 is 1.85 bits per heavy atom. The predicted molar refractivity (Wildman–Crippen MR) is 76.3 cm³/mol. The fraction of sp³-hybridized carbons (Fsp3) is 0.600. The van der Waals surface area contributed by atoms with Gasteiger partial charge in [-0.3, -0.25) is 0 Å². The molecule has 0 spiro atoms. The van der Waals surface area contributed by atoms with E-state index in [1.54, 1.807) is 19.2 Å². The summed E-state index contributed by atoms with van der Waals surface area (Å²) in [5.41, 5.74) is 0.973. The molecule has 0 bridgehead atoms. The van der Waals surface area contributed by atoms with Crippen LogP contribution in [0.15, 0.2) is 24.3 Å². The third-order valence-electron chi connectivity index (χ3n) is 2.82. The van der Waals surface area contributed by atoms with Crippen LogP contribution >= 0.6 is 0 Å². The highest BCUT2D eigenvalue weighted by atomic mass is 19.1. The number of likely N-dealkylation sites (N-methyl/N-ethyl adjacent to an activating group) is 1. The molecule has 20 heavy (non-hydrogen) atoms. The van der Waals surface area contributed by atoms with Crippen molar-refractivity contribution in [1.29, 1.82) is 0 Å². The van der Waals surface area contributed by atoms with E-state index in [1.807, 2.05) is 7.05 Å². The van der Waals surface area contributed by atoms with Crippen molar-refractivity contribution < 1.29 is 18.6 Å². The molecule has 0 aromatic heterocycles. The lowest BCUT2D eigenvalue weighted by Crippen LogP contribution is -2.20. The Kier molecular flexibility index (Phi) is 9.15. The van der Waals surface area contributed by atoms with Crippen LogP contribution in [0.1, 0.15) is 18.1 Å². The van der Waals surface area contributed by atoms with Gasteiger partial charge in [-0.1, -0.05) is 12.1 Å². The van der Waals surface area contributed by atoms with Crippen molar-refractivity contribution in [2.24, 2.45) is 0 Å². The largest absolute Gasteiger partial charge is 0.382 e. The van der Waals surface area contributed by atoms with Gasteiger partial charge in [-0.2, -0.15) is 0 Å². The minimum Gasteiger partial charge on any atom is -0.382 e. The van der Waals surface area contributed by atoms with Crippen molar-refractivity contribution in [1.82, 2.24) is 5.32 Å². The van der Waals surface area contributed by atoms with Crippen LogP contribution in [0, 0.1) is 5.82 Å².